The van der Waals surface area contributed by atoms with Gasteiger partial charge in [0.1, 0.15) is 5.69 Å². The monoisotopic (exact) mass is 452 g/mol. The van der Waals surface area contributed by atoms with Gasteiger partial charge in [0.15, 0.2) is 11.6 Å². The Hall–Kier alpha value is -3.92. The molecular weight excluding hydrogens is 430 g/mol. The first-order chi connectivity index (χ1) is 16.0. The molecule has 1 aromatic heterocycles. The quantitative estimate of drug-likeness (QED) is 0.561. The van der Waals surface area contributed by atoms with Crippen LogP contribution in [0.3, 0.4) is 0 Å². The van der Waals surface area contributed by atoms with Gasteiger partial charge < -0.3 is 15.5 Å². The number of carbonyl (C=O) groups is 2. The number of rotatable bonds is 6. The summed E-state index contributed by atoms with van der Waals surface area (Å²) in [4.78, 5) is 25.2. The number of aromatic nitrogens is 3. The molecule has 1 fully saturated rings. The predicted octanol–water partition coefficient (Wildman–Crippen LogP) is 2.72. The number of halogens is 2. The molecule has 0 spiro atoms. The third kappa shape index (κ3) is 4.96. The van der Waals surface area contributed by atoms with Gasteiger partial charge in [-0.2, -0.15) is 0 Å². The smallest absolute Gasteiger partial charge is 0.253 e. The van der Waals surface area contributed by atoms with E-state index in [9.17, 15) is 18.4 Å². The minimum Gasteiger partial charge on any atom is -0.336 e. The summed E-state index contributed by atoms with van der Waals surface area (Å²) in [5.41, 5.74) is 2.90. The summed E-state index contributed by atoms with van der Waals surface area (Å²) in [7, 11) is 0. The van der Waals surface area contributed by atoms with Gasteiger partial charge in [0.05, 0.1) is 17.6 Å². The molecule has 2 amide bonds. The number of carbonyl (C=O) groups excluding carboxylic acids is 2. The van der Waals surface area contributed by atoms with Crippen LogP contribution in [-0.4, -0.2) is 58.4 Å². The summed E-state index contributed by atoms with van der Waals surface area (Å²) in [6.45, 7) is 4.68. The SMILES string of the molecule is C/C(=C\c1cc(F)c(F)cc1NC=O)c1cn(-c2ccc(C(=O)N3CCNCC3)cc2)nn1. The molecule has 0 atom stereocenters. The van der Waals surface area contributed by atoms with Crippen LogP contribution < -0.4 is 10.6 Å². The highest BCUT2D eigenvalue weighted by atomic mass is 19.2. The Bertz CT molecular complexity index is 1200. The van der Waals surface area contributed by atoms with Crippen LogP contribution in [0.15, 0.2) is 42.6 Å². The van der Waals surface area contributed by atoms with Gasteiger partial charge in [-0.05, 0) is 48.9 Å². The average Bonchev–Trinajstić information content (AvgIpc) is 3.33. The van der Waals surface area contributed by atoms with Crippen molar-refractivity contribution in [3.63, 3.8) is 0 Å². The summed E-state index contributed by atoms with van der Waals surface area (Å²) in [5.74, 6) is -2.09. The summed E-state index contributed by atoms with van der Waals surface area (Å²) in [5, 5.41) is 13.8. The highest BCUT2D eigenvalue weighted by molar-refractivity contribution is 5.94. The van der Waals surface area contributed by atoms with Crippen molar-refractivity contribution in [2.75, 3.05) is 31.5 Å². The number of benzene rings is 2. The van der Waals surface area contributed by atoms with Gasteiger partial charge >= 0.3 is 0 Å². The highest BCUT2D eigenvalue weighted by Crippen LogP contribution is 2.25. The lowest BCUT2D eigenvalue weighted by Crippen LogP contribution is -2.46. The minimum atomic E-state index is -1.06. The number of hydrogen-bond acceptors (Lipinski definition) is 5. The first kappa shape index (κ1) is 22.3. The van der Waals surface area contributed by atoms with Gasteiger partial charge in [-0.3, -0.25) is 9.59 Å². The van der Waals surface area contributed by atoms with Crippen LogP contribution in [0.4, 0.5) is 14.5 Å². The molecule has 0 radical (unpaired) electrons. The van der Waals surface area contributed by atoms with Gasteiger partial charge in [0.25, 0.3) is 5.91 Å². The van der Waals surface area contributed by atoms with E-state index in [-0.39, 0.29) is 11.6 Å². The molecule has 170 valence electrons. The molecule has 1 aliphatic rings. The summed E-state index contributed by atoms with van der Waals surface area (Å²) < 4.78 is 28.8. The molecule has 1 saturated heterocycles. The molecule has 0 aliphatic carbocycles. The lowest BCUT2D eigenvalue weighted by molar-refractivity contribution is -0.105. The van der Waals surface area contributed by atoms with Crippen molar-refractivity contribution in [2.24, 2.45) is 0 Å². The van der Waals surface area contributed by atoms with Gasteiger partial charge in [0.2, 0.25) is 6.41 Å². The van der Waals surface area contributed by atoms with Crippen molar-refractivity contribution in [2.45, 2.75) is 6.92 Å². The summed E-state index contributed by atoms with van der Waals surface area (Å²) in [6.07, 6.45) is 3.66. The van der Waals surface area contributed by atoms with Crippen LogP contribution in [0, 0.1) is 11.6 Å². The van der Waals surface area contributed by atoms with E-state index < -0.39 is 11.6 Å². The third-order valence-electron chi connectivity index (χ3n) is 5.36. The largest absolute Gasteiger partial charge is 0.336 e. The Balaban J connectivity index is 1.54. The van der Waals surface area contributed by atoms with E-state index in [0.717, 1.165) is 30.9 Å². The molecule has 4 rings (SSSR count). The number of hydrogen-bond donors (Lipinski definition) is 2. The van der Waals surface area contributed by atoms with E-state index >= 15 is 0 Å². The third-order valence-corrected chi connectivity index (χ3v) is 5.36. The number of allylic oxidation sites excluding steroid dienone is 1. The second-order valence-corrected chi connectivity index (χ2v) is 7.58. The number of nitrogens with zero attached hydrogens (tertiary/aromatic N) is 4. The van der Waals surface area contributed by atoms with Crippen LogP contribution in [0.25, 0.3) is 17.3 Å². The normalized spacial score (nSPS) is 14.3. The Kier molecular flexibility index (Phi) is 6.55. The molecule has 10 heteroatoms. The molecule has 8 nitrogen and oxygen atoms in total. The van der Waals surface area contributed by atoms with E-state index in [1.54, 1.807) is 48.1 Å². The van der Waals surface area contributed by atoms with Crippen molar-refractivity contribution >= 4 is 29.7 Å². The van der Waals surface area contributed by atoms with E-state index in [0.29, 0.717) is 41.9 Å². The zero-order chi connectivity index (χ0) is 23.4. The van der Waals surface area contributed by atoms with E-state index in [4.69, 9.17) is 0 Å². The lowest BCUT2D eigenvalue weighted by Gasteiger charge is -2.27. The molecular formula is C23H22F2N6O2. The number of amides is 2. The van der Waals surface area contributed by atoms with Gasteiger partial charge in [-0.15, -0.1) is 5.10 Å². The van der Waals surface area contributed by atoms with Crippen molar-refractivity contribution in [1.29, 1.82) is 0 Å². The number of anilines is 1. The molecule has 2 heterocycles. The second kappa shape index (κ2) is 9.70. The van der Waals surface area contributed by atoms with Gasteiger partial charge in [-0.25, -0.2) is 13.5 Å². The van der Waals surface area contributed by atoms with Crippen molar-refractivity contribution < 1.29 is 18.4 Å². The van der Waals surface area contributed by atoms with Crippen LogP contribution in [0.2, 0.25) is 0 Å². The zero-order valence-corrected chi connectivity index (χ0v) is 17.9. The van der Waals surface area contributed by atoms with Gasteiger partial charge in [-0.1, -0.05) is 5.21 Å². The second-order valence-electron chi connectivity index (χ2n) is 7.58. The highest BCUT2D eigenvalue weighted by Gasteiger charge is 2.18. The zero-order valence-electron chi connectivity index (χ0n) is 17.9. The fourth-order valence-electron chi connectivity index (χ4n) is 3.56. The summed E-state index contributed by atoms with van der Waals surface area (Å²) >= 11 is 0. The maximum Gasteiger partial charge on any atom is 0.253 e. The summed E-state index contributed by atoms with van der Waals surface area (Å²) in [6, 6.07) is 9.00. The van der Waals surface area contributed by atoms with Gasteiger partial charge in [0, 0.05) is 43.4 Å². The molecule has 1 aliphatic heterocycles. The molecule has 2 N–H and O–H groups in total. The lowest BCUT2D eigenvalue weighted by atomic mass is 10.1. The Morgan fingerprint density at radius 2 is 1.82 bits per heavy atom. The Labute approximate surface area is 188 Å². The van der Waals surface area contributed by atoms with Crippen molar-refractivity contribution in [3.05, 3.63) is 71.1 Å². The van der Waals surface area contributed by atoms with Crippen LogP contribution in [-0.2, 0) is 4.79 Å². The van der Waals surface area contributed by atoms with Crippen molar-refractivity contribution in [3.8, 4) is 5.69 Å². The molecule has 3 aromatic rings. The Morgan fingerprint density at radius 3 is 2.52 bits per heavy atom. The fraction of sp³-hybridized carbons (Fsp3) is 0.217. The topological polar surface area (TPSA) is 92.2 Å². The standard InChI is InChI=1S/C23H22F2N6O2/c1-15(10-17-11-19(24)20(25)12-21(17)27-14-32)22-13-31(29-28-22)18-4-2-16(3-5-18)23(33)30-8-6-26-7-9-30/h2-5,10-14,26H,6-9H2,1H3,(H,27,32)/b15-10+. The van der Waals surface area contributed by atoms with E-state index in [2.05, 4.69) is 20.9 Å². The van der Waals surface area contributed by atoms with E-state index in [1.165, 1.54) is 0 Å². The number of nitrogens with one attached hydrogen (secondary N) is 2. The van der Waals surface area contributed by atoms with Crippen LogP contribution in [0.1, 0.15) is 28.5 Å². The molecule has 33 heavy (non-hydrogen) atoms. The van der Waals surface area contributed by atoms with Crippen molar-refractivity contribution in [1.82, 2.24) is 25.2 Å². The Morgan fingerprint density at radius 1 is 1.12 bits per heavy atom. The minimum absolute atomic E-state index is 0.00706. The van der Waals surface area contributed by atoms with Crippen LogP contribution in [0.5, 0.6) is 0 Å². The number of piperazine rings is 1. The van der Waals surface area contributed by atoms with E-state index in [1.807, 2.05) is 4.90 Å². The maximum absolute atomic E-state index is 13.7. The molecule has 2 aromatic carbocycles. The van der Waals surface area contributed by atoms with Crippen LogP contribution >= 0.6 is 0 Å². The first-order valence-corrected chi connectivity index (χ1v) is 10.4. The fourth-order valence-corrected chi connectivity index (χ4v) is 3.56. The first-order valence-electron chi connectivity index (χ1n) is 10.4. The molecule has 0 unspecified atom stereocenters. The maximum atomic E-state index is 13.7. The predicted molar refractivity (Wildman–Crippen MR) is 120 cm³/mol. The molecule has 0 bridgehead atoms. The average molecular weight is 452 g/mol. The molecule has 0 saturated carbocycles.